The van der Waals surface area contributed by atoms with E-state index in [-0.39, 0.29) is 23.8 Å². The molecule has 3 aliphatic rings. The maximum atomic E-state index is 12.0. The Kier molecular flexibility index (Phi) is 6.85. The number of hydrogen-bond donors (Lipinski definition) is 0. The Labute approximate surface area is 169 Å². The van der Waals surface area contributed by atoms with E-state index in [0.717, 1.165) is 24.0 Å². The zero-order valence-corrected chi connectivity index (χ0v) is 18.7. The monoisotopic (exact) mass is 398 g/mol. The van der Waals surface area contributed by atoms with Crippen LogP contribution < -0.4 is 0 Å². The van der Waals surface area contributed by atoms with Crippen LogP contribution in [0, 0.1) is 29.6 Å². The summed E-state index contributed by atoms with van der Waals surface area (Å²) in [6.45, 7) is 12.7. The van der Waals surface area contributed by atoms with Crippen LogP contribution >= 0.6 is 11.8 Å². The van der Waals surface area contributed by atoms with Crippen LogP contribution in [0.3, 0.4) is 0 Å². The van der Waals surface area contributed by atoms with Crippen molar-refractivity contribution in [3.8, 4) is 0 Å². The van der Waals surface area contributed by atoms with Gasteiger partial charge < -0.3 is 14.2 Å². The van der Waals surface area contributed by atoms with Gasteiger partial charge in [0.05, 0.1) is 12.5 Å². The standard InChI is InChI=1S/C22H38O4S/c1-13-7-9-17-15(3)21(27-12-11-18(23)26-22(4,5)6)25-20-19(17)16(13)10-8-14(2)24-20/h13-17,19-21H,7-12H2,1-6H3. The average Bonchev–Trinajstić information content (AvgIpc) is 2.72. The highest BCUT2D eigenvalue weighted by atomic mass is 32.2. The summed E-state index contributed by atoms with van der Waals surface area (Å²) in [7, 11) is 0. The van der Waals surface area contributed by atoms with Crippen LogP contribution in [0.15, 0.2) is 0 Å². The van der Waals surface area contributed by atoms with Gasteiger partial charge in [0.25, 0.3) is 0 Å². The normalized spacial score (nSPS) is 42.1. The summed E-state index contributed by atoms with van der Waals surface area (Å²) in [5.41, 5.74) is -0.306. The van der Waals surface area contributed by atoms with Crippen molar-refractivity contribution in [2.24, 2.45) is 29.6 Å². The van der Waals surface area contributed by atoms with E-state index in [1.807, 2.05) is 20.8 Å². The molecule has 3 fully saturated rings. The predicted octanol–water partition coefficient (Wildman–Crippen LogP) is 5.25. The van der Waals surface area contributed by atoms with Crippen molar-refractivity contribution in [2.45, 2.75) is 97.1 Å². The van der Waals surface area contributed by atoms with Crippen molar-refractivity contribution in [1.82, 2.24) is 0 Å². The first kappa shape index (κ1) is 21.4. The van der Waals surface area contributed by atoms with Gasteiger partial charge >= 0.3 is 5.97 Å². The highest BCUT2D eigenvalue weighted by Crippen LogP contribution is 2.53. The molecule has 0 aromatic heterocycles. The van der Waals surface area contributed by atoms with Crippen LogP contribution in [0.2, 0.25) is 0 Å². The van der Waals surface area contributed by atoms with Gasteiger partial charge in [0.15, 0.2) is 6.29 Å². The van der Waals surface area contributed by atoms with Gasteiger partial charge in [0.2, 0.25) is 0 Å². The van der Waals surface area contributed by atoms with E-state index in [1.165, 1.54) is 19.3 Å². The van der Waals surface area contributed by atoms with Crippen molar-refractivity contribution in [3.63, 3.8) is 0 Å². The van der Waals surface area contributed by atoms with Crippen LogP contribution in [0.1, 0.15) is 73.6 Å². The Bertz CT molecular complexity index is 517. The highest BCUT2D eigenvalue weighted by molar-refractivity contribution is 7.99. The molecule has 27 heavy (non-hydrogen) atoms. The Morgan fingerprint density at radius 3 is 2.44 bits per heavy atom. The minimum absolute atomic E-state index is 0.0736. The summed E-state index contributed by atoms with van der Waals surface area (Å²) >= 11 is 1.77. The third kappa shape index (κ3) is 5.22. The molecule has 0 N–H and O–H groups in total. The fourth-order valence-corrected chi connectivity index (χ4v) is 6.50. The molecule has 2 aliphatic heterocycles. The second-order valence-corrected chi connectivity index (χ2v) is 11.1. The minimum Gasteiger partial charge on any atom is -0.460 e. The zero-order chi connectivity index (χ0) is 19.8. The topological polar surface area (TPSA) is 44.8 Å². The predicted molar refractivity (Wildman–Crippen MR) is 109 cm³/mol. The fourth-order valence-electron chi connectivity index (χ4n) is 5.29. The summed E-state index contributed by atoms with van der Waals surface area (Å²) in [6, 6.07) is 0. The first-order valence-electron chi connectivity index (χ1n) is 10.8. The number of hydrogen-bond acceptors (Lipinski definition) is 5. The molecule has 5 heteroatoms. The lowest BCUT2D eigenvalue weighted by Gasteiger charge is -2.52. The minimum atomic E-state index is -0.415. The average molecular weight is 399 g/mol. The van der Waals surface area contributed by atoms with E-state index in [4.69, 9.17) is 14.2 Å². The number of carbonyl (C=O) groups excluding carboxylic acids is 1. The summed E-state index contributed by atoms with van der Waals surface area (Å²) < 4.78 is 18.3. The molecule has 0 aromatic carbocycles. The number of esters is 1. The summed E-state index contributed by atoms with van der Waals surface area (Å²) in [5, 5.41) is 0. The molecule has 156 valence electrons. The van der Waals surface area contributed by atoms with Gasteiger partial charge in [-0.3, -0.25) is 4.79 Å². The molecule has 0 spiro atoms. The highest BCUT2D eigenvalue weighted by Gasteiger charge is 2.52. The van der Waals surface area contributed by atoms with E-state index in [9.17, 15) is 4.79 Å². The molecule has 8 atom stereocenters. The largest absolute Gasteiger partial charge is 0.460 e. The van der Waals surface area contributed by atoms with Crippen LogP contribution in [0.25, 0.3) is 0 Å². The molecule has 0 radical (unpaired) electrons. The number of thioether (sulfide) groups is 1. The first-order chi connectivity index (χ1) is 12.7. The first-order valence-corrected chi connectivity index (χ1v) is 11.8. The van der Waals surface area contributed by atoms with Crippen molar-refractivity contribution >= 4 is 17.7 Å². The van der Waals surface area contributed by atoms with E-state index in [2.05, 4.69) is 20.8 Å². The Hall–Kier alpha value is -0.260. The molecule has 2 heterocycles. The molecular formula is C22H38O4S. The van der Waals surface area contributed by atoms with Crippen molar-refractivity contribution in [1.29, 1.82) is 0 Å². The molecule has 8 unspecified atom stereocenters. The summed E-state index contributed by atoms with van der Waals surface area (Å²) in [6.07, 6.45) is 5.65. The Morgan fingerprint density at radius 2 is 1.74 bits per heavy atom. The Morgan fingerprint density at radius 1 is 1.04 bits per heavy atom. The van der Waals surface area contributed by atoms with Crippen molar-refractivity contribution in [3.05, 3.63) is 0 Å². The quantitative estimate of drug-likeness (QED) is 0.605. The Balaban J connectivity index is 1.61. The molecular weight excluding hydrogens is 360 g/mol. The van der Waals surface area contributed by atoms with Gasteiger partial charge in [-0.1, -0.05) is 20.3 Å². The van der Waals surface area contributed by atoms with Crippen LogP contribution in [-0.4, -0.2) is 35.2 Å². The second-order valence-electron chi connectivity index (χ2n) is 9.92. The van der Waals surface area contributed by atoms with E-state index in [0.29, 0.717) is 24.2 Å². The number of rotatable bonds is 4. The van der Waals surface area contributed by atoms with Crippen molar-refractivity contribution in [2.75, 3.05) is 5.75 Å². The van der Waals surface area contributed by atoms with Gasteiger partial charge in [0, 0.05) is 11.7 Å². The van der Waals surface area contributed by atoms with Crippen LogP contribution in [0.5, 0.6) is 0 Å². The molecule has 2 saturated heterocycles. The molecule has 1 aliphatic carbocycles. The van der Waals surface area contributed by atoms with Gasteiger partial charge in [-0.25, -0.2) is 0 Å². The van der Waals surface area contributed by atoms with E-state index >= 15 is 0 Å². The SMILES string of the molecule is CC1CCC2C(C)CCC3C(C)C(SCCC(=O)OC(C)(C)C)OC(O1)C23. The molecule has 4 nitrogen and oxygen atoms in total. The molecule has 0 aromatic rings. The van der Waals surface area contributed by atoms with Crippen LogP contribution in [0.4, 0.5) is 0 Å². The van der Waals surface area contributed by atoms with Crippen LogP contribution in [-0.2, 0) is 19.0 Å². The van der Waals surface area contributed by atoms with Gasteiger partial charge in [-0.05, 0) is 70.6 Å². The smallest absolute Gasteiger partial charge is 0.307 e. The molecule has 0 amide bonds. The lowest BCUT2D eigenvalue weighted by molar-refractivity contribution is -0.258. The third-order valence-electron chi connectivity index (χ3n) is 6.64. The third-order valence-corrected chi connectivity index (χ3v) is 7.95. The van der Waals surface area contributed by atoms with E-state index in [1.54, 1.807) is 11.8 Å². The summed E-state index contributed by atoms with van der Waals surface area (Å²) in [5.74, 6) is 3.84. The zero-order valence-electron chi connectivity index (χ0n) is 17.9. The number of ether oxygens (including phenoxy) is 3. The van der Waals surface area contributed by atoms with Gasteiger partial charge in [-0.15, -0.1) is 11.8 Å². The molecule has 0 bridgehead atoms. The second kappa shape index (κ2) is 8.62. The molecule has 1 saturated carbocycles. The summed E-state index contributed by atoms with van der Waals surface area (Å²) in [4.78, 5) is 12.0. The van der Waals surface area contributed by atoms with Gasteiger partial charge in [0.1, 0.15) is 11.0 Å². The lowest BCUT2D eigenvalue weighted by atomic mass is 9.61. The number of carbonyl (C=O) groups is 1. The van der Waals surface area contributed by atoms with E-state index < -0.39 is 5.60 Å². The van der Waals surface area contributed by atoms with Gasteiger partial charge in [-0.2, -0.15) is 0 Å². The van der Waals surface area contributed by atoms with Crippen molar-refractivity contribution < 1.29 is 19.0 Å². The maximum absolute atomic E-state index is 12.0. The maximum Gasteiger partial charge on any atom is 0.307 e. The fraction of sp³-hybridized carbons (Fsp3) is 0.955. The lowest BCUT2D eigenvalue weighted by Crippen LogP contribution is -2.52. The molecule has 3 rings (SSSR count).